The molecule has 0 radical (unpaired) electrons. The van der Waals surface area contributed by atoms with Crippen LogP contribution in [0.25, 0.3) is 0 Å². The molecule has 1 aromatic heterocycles. The molecular weight excluding hydrogens is 487 g/mol. The van der Waals surface area contributed by atoms with E-state index in [4.69, 9.17) is 21.1 Å². The molecule has 3 aliphatic rings. The Bertz CT molecular complexity index is 998. The molecule has 12 heteroatoms. The molecule has 0 bridgehead atoms. The summed E-state index contributed by atoms with van der Waals surface area (Å²) in [5.74, 6) is 1.24. The van der Waals surface area contributed by atoms with E-state index in [0.717, 1.165) is 31.5 Å². The first-order chi connectivity index (χ1) is 16.0. The maximum absolute atomic E-state index is 13.0. The van der Waals surface area contributed by atoms with Crippen LogP contribution in [0.15, 0.2) is 12.4 Å². The fraction of sp³-hybridized carbons (Fsp3) is 0.773. The van der Waals surface area contributed by atoms with Crippen molar-refractivity contribution in [3.8, 4) is 0 Å². The standard InChI is InChI=1S/C22H32ClFN4O5S/c1-13(2)33-21(29)28-14(3)6-18(27-34(30,31)12-24)19(28)11-32-17-4-5-22(8-15(22)7-17)20-25-9-16(23)10-26-20/h9-10,13-15,17-19,27H,4-8,11-12H2,1-3H3/t14-,15-,17+,18+,19+,22-/m1/s1. The lowest BCUT2D eigenvalue weighted by molar-refractivity contribution is -0.0147. The number of nitrogens with one attached hydrogen (secondary N) is 1. The van der Waals surface area contributed by atoms with Crippen molar-refractivity contribution in [1.29, 1.82) is 0 Å². The van der Waals surface area contributed by atoms with Gasteiger partial charge >= 0.3 is 6.09 Å². The molecule has 0 aromatic carbocycles. The van der Waals surface area contributed by atoms with Crippen LogP contribution in [0.1, 0.15) is 58.7 Å². The summed E-state index contributed by atoms with van der Waals surface area (Å²) < 4.78 is 50.9. The molecule has 1 N–H and O–H groups in total. The van der Waals surface area contributed by atoms with E-state index in [1.54, 1.807) is 26.2 Å². The van der Waals surface area contributed by atoms with Crippen LogP contribution in [0.4, 0.5) is 9.18 Å². The van der Waals surface area contributed by atoms with E-state index in [-0.39, 0.29) is 30.3 Å². The van der Waals surface area contributed by atoms with Crippen molar-refractivity contribution >= 4 is 27.7 Å². The topological polar surface area (TPSA) is 111 Å². The van der Waals surface area contributed by atoms with E-state index < -0.39 is 34.2 Å². The molecule has 2 saturated carbocycles. The summed E-state index contributed by atoms with van der Waals surface area (Å²) >= 11 is 5.92. The average Bonchev–Trinajstić information content (AvgIpc) is 3.42. The summed E-state index contributed by atoms with van der Waals surface area (Å²) in [7, 11) is -4.09. The van der Waals surface area contributed by atoms with E-state index in [9.17, 15) is 17.6 Å². The molecule has 1 saturated heterocycles. The summed E-state index contributed by atoms with van der Waals surface area (Å²) in [5, 5.41) is 0.513. The Kier molecular flexibility index (Phi) is 7.38. The SMILES string of the molecule is CC(C)OC(=O)N1[C@H](C)C[C@H](NS(=O)(=O)CF)[C@@H]1CO[C@H]1CC[C@@]2(c3ncc(Cl)cn3)C[C@H]2C1. The minimum absolute atomic E-state index is 0.0152. The Hall–Kier alpha value is -1.56. The maximum Gasteiger partial charge on any atom is 0.410 e. The van der Waals surface area contributed by atoms with Gasteiger partial charge in [-0.15, -0.1) is 0 Å². The fourth-order valence-corrected chi connectivity index (χ4v) is 6.39. The van der Waals surface area contributed by atoms with Crippen molar-refractivity contribution in [2.45, 2.75) is 88.6 Å². The highest BCUT2D eigenvalue weighted by atomic mass is 35.5. The van der Waals surface area contributed by atoms with Gasteiger partial charge in [0.05, 0.1) is 29.9 Å². The second kappa shape index (κ2) is 9.83. The maximum atomic E-state index is 13.0. The van der Waals surface area contributed by atoms with Crippen molar-refractivity contribution in [2.75, 3.05) is 12.6 Å². The van der Waals surface area contributed by atoms with Crippen LogP contribution in [-0.4, -0.2) is 72.3 Å². The third kappa shape index (κ3) is 5.32. The van der Waals surface area contributed by atoms with Crippen molar-refractivity contribution < 1.29 is 27.1 Å². The van der Waals surface area contributed by atoms with Crippen LogP contribution >= 0.6 is 11.6 Å². The van der Waals surface area contributed by atoms with Crippen LogP contribution in [0.3, 0.4) is 0 Å². The molecule has 0 spiro atoms. The van der Waals surface area contributed by atoms with Crippen molar-refractivity contribution in [1.82, 2.24) is 19.6 Å². The monoisotopic (exact) mass is 518 g/mol. The van der Waals surface area contributed by atoms with E-state index >= 15 is 0 Å². The van der Waals surface area contributed by atoms with Crippen LogP contribution < -0.4 is 4.72 Å². The van der Waals surface area contributed by atoms with Crippen LogP contribution in [-0.2, 0) is 24.9 Å². The lowest BCUT2D eigenvalue weighted by Gasteiger charge is -2.33. The molecule has 9 nitrogen and oxygen atoms in total. The molecule has 1 aliphatic heterocycles. The number of alkyl halides is 1. The minimum atomic E-state index is -4.09. The van der Waals surface area contributed by atoms with Crippen molar-refractivity contribution in [3.05, 3.63) is 23.2 Å². The van der Waals surface area contributed by atoms with Gasteiger partial charge in [-0.3, -0.25) is 4.90 Å². The van der Waals surface area contributed by atoms with Gasteiger partial charge in [-0.05, 0) is 58.8 Å². The zero-order chi connectivity index (χ0) is 24.7. The van der Waals surface area contributed by atoms with E-state index in [2.05, 4.69) is 14.7 Å². The number of amides is 1. The highest BCUT2D eigenvalue weighted by Gasteiger charge is 2.60. The lowest BCUT2D eigenvalue weighted by Crippen LogP contribution is -2.51. The number of nitrogens with zero attached hydrogens (tertiary/aromatic N) is 3. The number of halogens is 2. The second-order valence-corrected chi connectivity index (χ2v) is 12.1. The summed E-state index contributed by atoms with van der Waals surface area (Å²) in [5.41, 5.74) is -0.0152. The van der Waals surface area contributed by atoms with Gasteiger partial charge in [0.2, 0.25) is 16.0 Å². The molecule has 6 atom stereocenters. The number of sulfonamides is 1. The zero-order valence-corrected chi connectivity index (χ0v) is 21.2. The Morgan fingerprint density at radius 3 is 2.68 bits per heavy atom. The van der Waals surface area contributed by atoms with Crippen LogP contribution in [0.2, 0.25) is 5.02 Å². The number of fused-ring (bicyclic) bond motifs is 1. The Morgan fingerprint density at radius 1 is 1.35 bits per heavy atom. The molecule has 190 valence electrons. The first-order valence-electron chi connectivity index (χ1n) is 11.7. The molecule has 1 aromatic rings. The molecule has 4 rings (SSSR count). The van der Waals surface area contributed by atoms with E-state index in [1.165, 1.54) is 4.90 Å². The quantitative estimate of drug-likeness (QED) is 0.562. The van der Waals surface area contributed by atoms with Gasteiger partial charge in [0, 0.05) is 29.9 Å². The number of hydrogen-bond acceptors (Lipinski definition) is 7. The number of likely N-dealkylation sites (tertiary alicyclic amines) is 1. The van der Waals surface area contributed by atoms with E-state index in [1.807, 2.05) is 6.92 Å². The molecule has 34 heavy (non-hydrogen) atoms. The number of aromatic nitrogens is 2. The Labute approximate surface area is 204 Å². The van der Waals surface area contributed by atoms with Gasteiger partial charge in [0.15, 0.2) is 0 Å². The summed E-state index contributed by atoms with van der Waals surface area (Å²) in [4.78, 5) is 23.1. The lowest BCUT2D eigenvalue weighted by atomic mass is 9.86. The first-order valence-corrected chi connectivity index (χ1v) is 13.7. The number of hydrogen-bond donors (Lipinski definition) is 1. The molecule has 2 aliphatic carbocycles. The van der Waals surface area contributed by atoms with Crippen molar-refractivity contribution in [2.24, 2.45) is 5.92 Å². The highest BCUT2D eigenvalue weighted by Crippen LogP contribution is 2.61. The number of rotatable bonds is 8. The third-order valence-corrected chi connectivity index (χ3v) is 8.32. The average molecular weight is 519 g/mol. The van der Waals surface area contributed by atoms with Gasteiger partial charge in [0.25, 0.3) is 0 Å². The van der Waals surface area contributed by atoms with Gasteiger partial charge in [-0.1, -0.05) is 11.6 Å². The molecule has 2 heterocycles. The largest absolute Gasteiger partial charge is 0.447 e. The molecular formula is C22H32ClFN4O5S. The Balaban J connectivity index is 1.41. The summed E-state index contributed by atoms with van der Waals surface area (Å²) in [6.45, 7) is 5.46. The number of ether oxygens (including phenoxy) is 2. The van der Waals surface area contributed by atoms with Gasteiger partial charge < -0.3 is 9.47 Å². The first kappa shape index (κ1) is 25.5. The van der Waals surface area contributed by atoms with Crippen LogP contribution in [0.5, 0.6) is 0 Å². The van der Waals surface area contributed by atoms with Gasteiger partial charge in [-0.2, -0.15) is 0 Å². The number of carbonyl (C=O) groups is 1. The minimum Gasteiger partial charge on any atom is -0.447 e. The fourth-order valence-electron chi connectivity index (χ4n) is 5.51. The predicted octanol–water partition coefficient (Wildman–Crippen LogP) is 3.18. The highest BCUT2D eigenvalue weighted by molar-refractivity contribution is 7.89. The van der Waals surface area contributed by atoms with Gasteiger partial charge in [-0.25, -0.2) is 32.3 Å². The molecule has 3 fully saturated rings. The zero-order valence-electron chi connectivity index (χ0n) is 19.6. The van der Waals surface area contributed by atoms with Crippen LogP contribution in [0, 0.1) is 5.92 Å². The summed E-state index contributed by atoms with van der Waals surface area (Å²) in [6.07, 6.45) is 6.27. The van der Waals surface area contributed by atoms with E-state index in [0.29, 0.717) is 17.4 Å². The Morgan fingerprint density at radius 2 is 2.06 bits per heavy atom. The predicted molar refractivity (Wildman–Crippen MR) is 124 cm³/mol. The summed E-state index contributed by atoms with van der Waals surface area (Å²) in [6, 6.07) is -3.03. The third-order valence-electron chi connectivity index (χ3n) is 7.17. The smallest absolute Gasteiger partial charge is 0.410 e. The molecule has 0 unspecified atom stereocenters. The second-order valence-electron chi connectivity index (χ2n) is 9.95. The molecule has 1 amide bonds. The normalized spacial score (nSPS) is 33.1. The van der Waals surface area contributed by atoms with Gasteiger partial charge in [0.1, 0.15) is 5.82 Å². The number of carbonyl (C=O) groups excluding carboxylic acids is 1. The van der Waals surface area contributed by atoms with Crippen molar-refractivity contribution in [3.63, 3.8) is 0 Å².